The topological polar surface area (TPSA) is 6.48 Å². The minimum absolute atomic E-state index is 0.331. The molecule has 5 heteroatoms. The quantitative estimate of drug-likeness (QED) is 0.307. The molecule has 1 aliphatic rings. The van der Waals surface area contributed by atoms with Gasteiger partial charge >= 0.3 is 210 Å². The Bertz CT molecular complexity index is 815. The summed E-state index contributed by atoms with van der Waals surface area (Å²) in [4.78, 5) is 4.61. The number of alkyl halides is 2. The van der Waals surface area contributed by atoms with Gasteiger partial charge in [-0.3, -0.25) is 0 Å². The Morgan fingerprint density at radius 2 is 0.939 bits per heavy atom. The molecular weight excluding hydrogens is 510 g/mol. The molecule has 0 N–H and O–H groups in total. The Hall–Kier alpha value is -1.36. The second-order valence-corrected chi connectivity index (χ2v) is 12.1. The van der Waals surface area contributed by atoms with E-state index in [1.165, 1.54) is 33.6 Å². The van der Waals surface area contributed by atoms with Crippen LogP contribution in [0.15, 0.2) is 36.4 Å². The molecule has 0 spiro atoms. The molecule has 0 radical (unpaired) electrons. The molecule has 187 valence electrons. The third kappa shape index (κ3) is 5.49. The van der Waals surface area contributed by atoms with Gasteiger partial charge in [0.25, 0.3) is 0 Å². The first kappa shape index (κ1) is 26.2. The third-order valence-electron chi connectivity index (χ3n) is 6.47. The van der Waals surface area contributed by atoms with E-state index < -0.39 is 24.4 Å². The average molecular weight is 551 g/mol. The second kappa shape index (κ2) is 10.9. The number of nitrogens with zero attached hydrogens (tertiary/aromatic N) is 2. The van der Waals surface area contributed by atoms with Gasteiger partial charge in [-0.25, -0.2) is 0 Å². The number of para-hydroxylation sites is 2. The van der Waals surface area contributed by atoms with Gasteiger partial charge in [0, 0.05) is 0 Å². The van der Waals surface area contributed by atoms with Crippen LogP contribution in [0.3, 0.4) is 0 Å². The van der Waals surface area contributed by atoms with Gasteiger partial charge in [0.1, 0.15) is 0 Å². The second-order valence-electron chi connectivity index (χ2n) is 10.2. The van der Waals surface area contributed by atoms with Crippen molar-refractivity contribution in [2.45, 2.75) is 88.1 Å². The van der Waals surface area contributed by atoms with Crippen LogP contribution in [0, 0.1) is 0 Å². The summed E-state index contributed by atoms with van der Waals surface area (Å²) < 4.78 is 25.5. The molecule has 1 aliphatic heterocycles. The molecule has 33 heavy (non-hydrogen) atoms. The van der Waals surface area contributed by atoms with Gasteiger partial charge in [-0.15, -0.1) is 0 Å². The van der Waals surface area contributed by atoms with Crippen LogP contribution in [0.4, 0.5) is 20.2 Å². The third-order valence-corrected chi connectivity index (χ3v) is 8.21. The normalized spacial score (nSPS) is 15.5. The van der Waals surface area contributed by atoms with E-state index in [2.05, 4.69) is 102 Å². The molecule has 0 aromatic heterocycles. The van der Waals surface area contributed by atoms with Crippen molar-refractivity contribution < 1.29 is 28.5 Å². The van der Waals surface area contributed by atoms with Crippen LogP contribution in [0.25, 0.3) is 0 Å². The number of halogens is 2. The Morgan fingerprint density at radius 3 is 1.18 bits per heavy atom. The van der Waals surface area contributed by atoms with E-state index in [9.17, 15) is 8.78 Å². The molecule has 2 nitrogen and oxygen atoms in total. The van der Waals surface area contributed by atoms with Crippen LogP contribution in [0.2, 0.25) is 0 Å². The maximum atomic E-state index is 14.1. The number of benzene rings is 2. The minimum atomic E-state index is -2.33. The van der Waals surface area contributed by atoms with E-state index in [0.29, 0.717) is 23.7 Å². The van der Waals surface area contributed by atoms with Gasteiger partial charge in [-0.1, -0.05) is 0 Å². The summed E-state index contributed by atoms with van der Waals surface area (Å²) in [7, 11) is 0. The first-order chi connectivity index (χ1) is 15.5. The standard InChI is InChI=1S/C27H39N2.CHF2.Ag/c1-18(2)22-11-9-12-23(19(3)4)26(22)28-15-16-29(17-28)27-24(20(5)6)13-10-14-25(27)21(7)8;2-1-3;/h9-14,17-21H,15-16H2,1-8H3;1H;. The van der Waals surface area contributed by atoms with Gasteiger partial charge in [0.2, 0.25) is 0 Å². The summed E-state index contributed by atoms with van der Waals surface area (Å²) in [5.74, 6) is 1.32. The zero-order valence-corrected chi connectivity index (χ0v) is 22.8. The van der Waals surface area contributed by atoms with Gasteiger partial charge in [0.15, 0.2) is 0 Å². The van der Waals surface area contributed by atoms with Crippen molar-refractivity contribution in [1.29, 1.82) is 0 Å². The Morgan fingerprint density at radius 1 is 0.636 bits per heavy atom. The zero-order chi connectivity index (χ0) is 24.4. The predicted molar refractivity (Wildman–Crippen MR) is 134 cm³/mol. The molecule has 0 saturated carbocycles. The van der Waals surface area contributed by atoms with E-state index in [4.69, 9.17) is 0 Å². The number of rotatable bonds is 8. The maximum absolute atomic E-state index is 14.1. The average Bonchev–Trinajstić information content (AvgIpc) is 3.14. The number of hydrogen-bond donors (Lipinski definition) is 0. The van der Waals surface area contributed by atoms with Crippen molar-refractivity contribution in [3.63, 3.8) is 0 Å². The Labute approximate surface area is 209 Å². The monoisotopic (exact) mass is 549 g/mol. The molecule has 0 atom stereocenters. The summed E-state index contributed by atoms with van der Waals surface area (Å²) in [6.45, 7) is 19.1. The van der Waals surface area contributed by atoms with E-state index in [-0.39, 0.29) is 4.38 Å². The van der Waals surface area contributed by atoms with Crippen molar-refractivity contribution in [2.75, 3.05) is 22.9 Å². The fourth-order valence-electron chi connectivity index (χ4n) is 4.86. The number of anilines is 2. The van der Waals surface area contributed by atoms with Crippen LogP contribution in [0.5, 0.6) is 0 Å². The van der Waals surface area contributed by atoms with Crippen molar-refractivity contribution in [3.05, 3.63) is 58.7 Å². The summed E-state index contributed by atoms with van der Waals surface area (Å²) >= 11 is -0.492. The predicted octanol–water partition coefficient (Wildman–Crippen LogP) is 8.10. The molecule has 0 amide bonds. The Balaban J connectivity index is 2.20. The van der Waals surface area contributed by atoms with Crippen LogP contribution < -0.4 is 9.80 Å². The molecule has 3 rings (SSSR count). The van der Waals surface area contributed by atoms with Crippen LogP contribution >= 0.6 is 0 Å². The summed E-state index contributed by atoms with van der Waals surface area (Å²) in [6.07, 6.45) is 0. The van der Waals surface area contributed by atoms with Crippen molar-refractivity contribution in [2.24, 2.45) is 0 Å². The SMILES string of the molecule is CC(C)c1cccc(C(C)C)c1N1CCN(c2c(C(C)C)cccc2C(C)C)[CH]1[Ag][CH](F)F. The van der Waals surface area contributed by atoms with Crippen molar-refractivity contribution >= 4 is 11.4 Å². The fraction of sp³-hybridized carbons (Fsp3) is 0.571. The Kier molecular flexibility index (Phi) is 8.69. The van der Waals surface area contributed by atoms with Gasteiger partial charge in [0.05, 0.1) is 0 Å². The van der Waals surface area contributed by atoms with Crippen molar-refractivity contribution in [3.8, 4) is 0 Å². The molecule has 2 aromatic carbocycles. The first-order valence-electron chi connectivity index (χ1n) is 12.1. The van der Waals surface area contributed by atoms with Crippen LogP contribution in [-0.2, 0) is 19.8 Å². The van der Waals surface area contributed by atoms with E-state index in [1.54, 1.807) is 0 Å². The summed E-state index contributed by atoms with van der Waals surface area (Å²) in [6, 6.07) is 13.0. The molecule has 1 saturated heterocycles. The molecule has 0 unspecified atom stereocenters. The van der Waals surface area contributed by atoms with Gasteiger partial charge in [-0.05, 0) is 0 Å². The number of hydrogen-bond acceptors (Lipinski definition) is 2. The molecule has 0 bridgehead atoms. The molecule has 0 aliphatic carbocycles. The first-order valence-corrected chi connectivity index (χ1v) is 13.9. The van der Waals surface area contributed by atoms with Crippen molar-refractivity contribution in [1.82, 2.24) is 0 Å². The molecular formula is C28H40AgF2N2. The van der Waals surface area contributed by atoms with E-state index >= 15 is 0 Å². The van der Waals surface area contributed by atoms with E-state index in [1.807, 2.05) is 0 Å². The van der Waals surface area contributed by atoms with Gasteiger partial charge < -0.3 is 0 Å². The van der Waals surface area contributed by atoms with Crippen LogP contribution in [0.1, 0.15) is 101 Å². The fourth-order valence-corrected chi connectivity index (χ4v) is 6.49. The summed E-state index contributed by atoms with van der Waals surface area (Å²) in [5.41, 5.74) is 7.39. The van der Waals surface area contributed by atoms with Gasteiger partial charge in [-0.2, -0.15) is 0 Å². The van der Waals surface area contributed by atoms with E-state index in [0.717, 1.165) is 13.1 Å². The van der Waals surface area contributed by atoms with Crippen LogP contribution in [-0.4, -0.2) is 22.1 Å². The molecule has 1 heterocycles. The zero-order valence-electron chi connectivity index (χ0n) is 21.3. The molecule has 2 aromatic rings. The summed E-state index contributed by atoms with van der Waals surface area (Å²) in [5, 5.41) is 0. The molecule has 1 fully saturated rings.